The van der Waals surface area contributed by atoms with Gasteiger partial charge in [0.05, 0.1) is 12.2 Å². The lowest BCUT2D eigenvalue weighted by Gasteiger charge is -2.24. The molecule has 0 aromatic rings. The van der Waals surface area contributed by atoms with Gasteiger partial charge in [0.2, 0.25) is 10.0 Å². The van der Waals surface area contributed by atoms with Crippen molar-refractivity contribution in [3.63, 3.8) is 0 Å². The lowest BCUT2D eigenvalue weighted by Crippen LogP contribution is -2.45. The molecule has 1 aliphatic carbocycles. The number of sulfonamides is 1. The van der Waals surface area contributed by atoms with Crippen LogP contribution in [0.25, 0.3) is 0 Å². The summed E-state index contributed by atoms with van der Waals surface area (Å²) in [6, 6.07) is 0. The van der Waals surface area contributed by atoms with Crippen LogP contribution in [0.2, 0.25) is 0 Å². The Balaban J connectivity index is 2.99. The van der Waals surface area contributed by atoms with E-state index < -0.39 is 21.2 Å². The van der Waals surface area contributed by atoms with Gasteiger partial charge in [0.25, 0.3) is 0 Å². The van der Waals surface area contributed by atoms with Gasteiger partial charge in [-0.25, -0.2) is 18.2 Å². The van der Waals surface area contributed by atoms with Crippen molar-refractivity contribution in [3.8, 4) is 0 Å². The summed E-state index contributed by atoms with van der Waals surface area (Å²) in [5, 5.41) is 0.167. The van der Waals surface area contributed by atoms with E-state index in [-0.39, 0.29) is 12.2 Å². The Morgan fingerprint density at radius 3 is 2.71 bits per heavy atom. The number of nitrogens with one attached hydrogen (secondary N) is 1. The number of hydrogen-bond acceptors (Lipinski definition) is 5. The van der Waals surface area contributed by atoms with Crippen LogP contribution >= 0.6 is 0 Å². The van der Waals surface area contributed by atoms with Gasteiger partial charge in [-0.15, -0.1) is 4.83 Å². The maximum absolute atomic E-state index is 12.4. The van der Waals surface area contributed by atoms with E-state index in [1.165, 1.54) is 11.1 Å². The van der Waals surface area contributed by atoms with Crippen molar-refractivity contribution in [3.05, 3.63) is 36.0 Å². The molecule has 0 aliphatic heterocycles. The molecule has 0 bridgehead atoms. The highest BCUT2D eigenvalue weighted by atomic mass is 32.2. The summed E-state index contributed by atoms with van der Waals surface area (Å²) in [5.41, 5.74) is 0.405. The molecule has 0 heterocycles. The molecule has 0 saturated heterocycles. The summed E-state index contributed by atoms with van der Waals surface area (Å²) in [4.78, 5) is 14.4. The smallest absolute Gasteiger partial charge is 0.335 e. The zero-order valence-electron chi connectivity index (χ0n) is 12.6. The number of rotatable bonds is 7. The van der Waals surface area contributed by atoms with Crippen LogP contribution in [0.15, 0.2) is 36.0 Å². The molecule has 0 aromatic heterocycles. The molecule has 1 N–H and O–H groups in total. The van der Waals surface area contributed by atoms with Crippen molar-refractivity contribution in [2.24, 2.45) is 0 Å². The minimum absolute atomic E-state index is 0.0768. The van der Waals surface area contributed by atoms with E-state index in [4.69, 9.17) is 4.74 Å². The molecule has 118 valence electrons. The SMILES string of the molecule is C=C1C=CC=C(C(=O)OCCCC)C1S(=O)(=O)NN(C)C. The molecule has 0 spiro atoms. The number of esters is 1. The Morgan fingerprint density at radius 1 is 1.48 bits per heavy atom. The molecule has 0 fully saturated rings. The monoisotopic (exact) mass is 314 g/mol. The van der Waals surface area contributed by atoms with E-state index >= 15 is 0 Å². The van der Waals surface area contributed by atoms with E-state index in [1.54, 1.807) is 26.2 Å². The first-order valence-electron chi connectivity index (χ1n) is 6.72. The third-order valence-electron chi connectivity index (χ3n) is 2.79. The predicted octanol–water partition coefficient (Wildman–Crippen LogP) is 1.15. The predicted molar refractivity (Wildman–Crippen MR) is 81.8 cm³/mol. The van der Waals surface area contributed by atoms with Gasteiger partial charge in [-0.05, 0) is 12.0 Å². The summed E-state index contributed by atoms with van der Waals surface area (Å²) >= 11 is 0. The van der Waals surface area contributed by atoms with Crippen LogP contribution in [0, 0.1) is 0 Å². The molecule has 1 aliphatic rings. The number of hydrogen-bond donors (Lipinski definition) is 1. The normalized spacial score (nSPS) is 18.8. The van der Waals surface area contributed by atoms with Gasteiger partial charge < -0.3 is 4.74 Å². The highest BCUT2D eigenvalue weighted by Crippen LogP contribution is 2.25. The van der Waals surface area contributed by atoms with Crippen LogP contribution in [-0.2, 0) is 19.6 Å². The fourth-order valence-electron chi connectivity index (χ4n) is 1.89. The summed E-state index contributed by atoms with van der Waals surface area (Å²) in [6.07, 6.45) is 6.26. The summed E-state index contributed by atoms with van der Waals surface area (Å²) < 4.78 is 29.8. The van der Waals surface area contributed by atoms with E-state index in [0.29, 0.717) is 5.57 Å². The Kier molecular flexibility index (Phi) is 6.32. The maximum Gasteiger partial charge on any atom is 0.335 e. The zero-order valence-corrected chi connectivity index (χ0v) is 13.4. The second kappa shape index (κ2) is 7.53. The Labute approximate surface area is 126 Å². The molecule has 6 nitrogen and oxygen atoms in total. The Hall–Kier alpha value is -1.44. The van der Waals surface area contributed by atoms with Crippen molar-refractivity contribution in [1.29, 1.82) is 0 Å². The molecule has 0 aromatic carbocycles. The molecule has 1 rings (SSSR count). The van der Waals surface area contributed by atoms with Gasteiger partial charge in [-0.2, -0.15) is 0 Å². The van der Waals surface area contributed by atoms with Crippen LogP contribution in [0.3, 0.4) is 0 Å². The minimum Gasteiger partial charge on any atom is -0.462 e. The van der Waals surface area contributed by atoms with Crippen molar-refractivity contribution in [2.45, 2.75) is 25.0 Å². The van der Waals surface area contributed by atoms with E-state index in [0.717, 1.165) is 12.8 Å². The second-order valence-electron chi connectivity index (χ2n) is 4.96. The summed E-state index contributed by atoms with van der Waals surface area (Å²) in [6.45, 7) is 5.98. The van der Waals surface area contributed by atoms with Crippen LogP contribution in [0.4, 0.5) is 0 Å². The zero-order chi connectivity index (χ0) is 16.0. The molecule has 7 heteroatoms. The molecule has 0 amide bonds. The average Bonchev–Trinajstić information content (AvgIpc) is 2.36. The molecule has 0 saturated carbocycles. The van der Waals surface area contributed by atoms with Crippen molar-refractivity contribution < 1.29 is 17.9 Å². The van der Waals surface area contributed by atoms with Crippen LogP contribution in [-0.4, -0.2) is 45.3 Å². The Bertz CT molecular complexity index is 562. The standard InChI is InChI=1S/C14H22N2O4S/c1-5-6-10-20-14(17)12-9-7-8-11(2)13(12)21(18,19)15-16(3)4/h7-9,13,15H,2,5-6,10H2,1,3-4H3. The second-order valence-corrected chi connectivity index (χ2v) is 6.70. The third kappa shape index (κ3) is 4.80. The van der Waals surface area contributed by atoms with Gasteiger partial charge in [-0.3, -0.25) is 0 Å². The molecular formula is C14H22N2O4S. The molecule has 1 atom stereocenters. The Morgan fingerprint density at radius 2 is 2.14 bits per heavy atom. The third-order valence-corrected chi connectivity index (χ3v) is 4.59. The first-order chi connectivity index (χ1) is 9.79. The van der Waals surface area contributed by atoms with Gasteiger partial charge in [0, 0.05) is 14.1 Å². The number of carbonyl (C=O) groups is 1. The fourth-order valence-corrected chi connectivity index (χ4v) is 3.49. The van der Waals surface area contributed by atoms with Crippen molar-refractivity contribution in [1.82, 2.24) is 9.84 Å². The van der Waals surface area contributed by atoms with Crippen LogP contribution in [0.1, 0.15) is 19.8 Å². The lowest BCUT2D eigenvalue weighted by atomic mass is 10.0. The van der Waals surface area contributed by atoms with Gasteiger partial charge >= 0.3 is 5.97 Å². The highest BCUT2D eigenvalue weighted by molar-refractivity contribution is 7.90. The molecule has 1 unspecified atom stereocenters. The quantitative estimate of drug-likeness (QED) is 0.433. The van der Waals surface area contributed by atoms with E-state index in [9.17, 15) is 13.2 Å². The van der Waals surface area contributed by atoms with Gasteiger partial charge in [0.15, 0.2) is 0 Å². The highest BCUT2D eigenvalue weighted by Gasteiger charge is 2.36. The number of carbonyl (C=O) groups excluding carboxylic acids is 1. The lowest BCUT2D eigenvalue weighted by molar-refractivity contribution is -0.139. The summed E-state index contributed by atoms with van der Waals surface area (Å²) in [7, 11) is -0.686. The molecular weight excluding hydrogens is 292 g/mol. The van der Waals surface area contributed by atoms with Crippen molar-refractivity contribution >= 4 is 16.0 Å². The number of nitrogens with zero attached hydrogens (tertiary/aromatic N) is 1. The number of ether oxygens (including phenoxy) is 1. The molecule has 21 heavy (non-hydrogen) atoms. The number of unbranched alkanes of at least 4 members (excludes halogenated alkanes) is 1. The maximum atomic E-state index is 12.4. The summed E-state index contributed by atoms with van der Waals surface area (Å²) in [5.74, 6) is -0.622. The molecule has 0 radical (unpaired) electrons. The topological polar surface area (TPSA) is 75.7 Å². The van der Waals surface area contributed by atoms with E-state index in [2.05, 4.69) is 11.4 Å². The first kappa shape index (κ1) is 17.6. The fraction of sp³-hybridized carbons (Fsp3) is 0.500. The van der Waals surface area contributed by atoms with Gasteiger partial charge in [0.1, 0.15) is 5.25 Å². The first-order valence-corrected chi connectivity index (χ1v) is 8.27. The van der Waals surface area contributed by atoms with Crippen LogP contribution in [0.5, 0.6) is 0 Å². The number of allylic oxidation sites excluding steroid dienone is 3. The average molecular weight is 314 g/mol. The minimum atomic E-state index is -3.80. The number of hydrazine groups is 1. The van der Waals surface area contributed by atoms with Gasteiger partial charge in [-0.1, -0.05) is 38.2 Å². The van der Waals surface area contributed by atoms with Crippen LogP contribution < -0.4 is 4.83 Å². The van der Waals surface area contributed by atoms with Crippen molar-refractivity contribution in [2.75, 3.05) is 20.7 Å². The largest absolute Gasteiger partial charge is 0.462 e. The van der Waals surface area contributed by atoms with E-state index in [1.807, 2.05) is 6.92 Å².